The van der Waals surface area contributed by atoms with Crippen molar-refractivity contribution in [1.82, 2.24) is 0 Å². The van der Waals surface area contributed by atoms with Crippen LogP contribution in [0.3, 0.4) is 0 Å². The molecule has 0 aromatic rings. The summed E-state index contributed by atoms with van der Waals surface area (Å²) in [5.74, 6) is -2.40. The first-order chi connectivity index (χ1) is 6.41. The maximum absolute atomic E-state index is 11.7. The van der Waals surface area contributed by atoms with E-state index >= 15 is 0 Å². The molecule has 0 heterocycles. The van der Waals surface area contributed by atoms with E-state index in [0.29, 0.717) is 0 Å². The van der Waals surface area contributed by atoms with Crippen molar-refractivity contribution in [2.75, 3.05) is 13.7 Å². The fraction of sp³-hybridized carbons (Fsp3) is 0.500. The van der Waals surface area contributed by atoms with Gasteiger partial charge in [-0.3, -0.25) is 4.79 Å². The van der Waals surface area contributed by atoms with Crippen LogP contribution in [0.1, 0.15) is 0 Å². The van der Waals surface area contributed by atoms with Crippen molar-refractivity contribution in [3.63, 3.8) is 0 Å². The normalized spacial score (nSPS) is 11.9. The van der Waals surface area contributed by atoms with Crippen LogP contribution < -0.4 is 0 Å². The number of ether oxygens (including phenoxy) is 1. The Hall–Kier alpha value is -1.69. The lowest BCUT2D eigenvalue weighted by atomic mass is 10.3. The Morgan fingerprint density at radius 2 is 2.21 bits per heavy atom. The van der Waals surface area contributed by atoms with Crippen LogP contribution in [-0.2, 0) is 9.53 Å². The van der Waals surface area contributed by atoms with Gasteiger partial charge in [0, 0.05) is 11.0 Å². The molecule has 14 heavy (non-hydrogen) atoms. The number of alkyl halides is 3. The predicted molar refractivity (Wildman–Crippen MR) is 40.2 cm³/mol. The second kappa shape index (κ2) is 5.13. The van der Waals surface area contributed by atoms with Gasteiger partial charge in [0.2, 0.25) is 0 Å². The van der Waals surface area contributed by atoms with Crippen molar-refractivity contribution in [2.24, 2.45) is 5.11 Å². The summed E-state index contributed by atoms with van der Waals surface area (Å²) in [5.41, 5.74) is 7.87. The standard InChI is InChI=1S/C6H6F3N3O2/c1-14-4(3-11-12-10)2-5(13)6(7,8)9/h2H,3H2,1H3/b4-2-. The third kappa shape index (κ3) is 4.36. The van der Waals surface area contributed by atoms with Crippen LogP contribution in [0.5, 0.6) is 0 Å². The van der Waals surface area contributed by atoms with Crippen molar-refractivity contribution in [2.45, 2.75) is 6.18 Å². The molecule has 0 saturated heterocycles. The molecule has 0 unspecified atom stereocenters. The molecule has 0 aromatic carbocycles. The Morgan fingerprint density at radius 3 is 2.57 bits per heavy atom. The number of nitrogens with zero attached hydrogens (tertiary/aromatic N) is 3. The average Bonchev–Trinajstić information content (AvgIpc) is 2.10. The molecule has 0 spiro atoms. The minimum absolute atomic E-state index is 0.245. The Balaban J connectivity index is 4.59. The van der Waals surface area contributed by atoms with E-state index in [0.717, 1.165) is 7.11 Å². The van der Waals surface area contributed by atoms with Crippen molar-refractivity contribution in [1.29, 1.82) is 0 Å². The fourth-order valence-corrected chi connectivity index (χ4v) is 0.498. The van der Waals surface area contributed by atoms with Gasteiger partial charge in [0.1, 0.15) is 5.76 Å². The minimum Gasteiger partial charge on any atom is -0.501 e. The highest BCUT2D eigenvalue weighted by Gasteiger charge is 2.36. The molecule has 0 atom stereocenters. The number of carbonyl (C=O) groups excluding carboxylic acids is 1. The van der Waals surface area contributed by atoms with Crippen molar-refractivity contribution >= 4 is 5.78 Å². The van der Waals surface area contributed by atoms with Gasteiger partial charge < -0.3 is 4.74 Å². The molecule has 78 valence electrons. The molecule has 0 bridgehead atoms. The molecular formula is C6H6F3N3O2. The molecule has 0 rings (SSSR count). The van der Waals surface area contributed by atoms with E-state index in [1.807, 2.05) is 0 Å². The number of allylic oxidation sites excluding steroid dienone is 1. The van der Waals surface area contributed by atoms with Gasteiger partial charge >= 0.3 is 6.18 Å². The van der Waals surface area contributed by atoms with Crippen LogP contribution in [0.25, 0.3) is 10.4 Å². The fourth-order valence-electron chi connectivity index (χ4n) is 0.498. The molecule has 0 aromatic heterocycles. The lowest BCUT2D eigenvalue weighted by Gasteiger charge is -2.03. The number of rotatable bonds is 4. The quantitative estimate of drug-likeness (QED) is 0.233. The van der Waals surface area contributed by atoms with Crippen molar-refractivity contribution in [3.8, 4) is 0 Å². The number of ketones is 1. The summed E-state index contributed by atoms with van der Waals surface area (Å²) >= 11 is 0. The highest BCUT2D eigenvalue weighted by atomic mass is 19.4. The molecule has 0 aliphatic heterocycles. The Morgan fingerprint density at radius 1 is 1.64 bits per heavy atom. The van der Waals surface area contributed by atoms with Crippen LogP contribution in [-0.4, -0.2) is 25.6 Å². The molecule has 0 aliphatic rings. The smallest absolute Gasteiger partial charge is 0.454 e. The Bertz CT molecular complexity index is 291. The van der Waals surface area contributed by atoms with Gasteiger partial charge in [-0.2, -0.15) is 13.2 Å². The summed E-state index contributed by atoms with van der Waals surface area (Å²) in [6, 6.07) is 0. The third-order valence-electron chi connectivity index (χ3n) is 1.12. The summed E-state index contributed by atoms with van der Waals surface area (Å²) < 4.78 is 39.5. The van der Waals surface area contributed by atoms with E-state index < -0.39 is 18.5 Å². The summed E-state index contributed by atoms with van der Waals surface area (Å²) in [6.45, 7) is -0.436. The van der Waals surface area contributed by atoms with E-state index in [9.17, 15) is 18.0 Å². The van der Waals surface area contributed by atoms with Crippen molar-refractivity contribution in [3.05, 3.63) is 22.3 Å². The van der Waals surface area contributed by atoms with Crippen molar-refractivity contribution < 1.29 is 22.7 Å². The van der Waals surface area contributed by atoms with E-state index in [1.54, 1.807) is 0 Å². The zero-order valence-corrected chi connectivity index (χ0v) is 7.08. The molecule has 0 fully saturated rings. The molecule has 0 saturated carbocycles. The summed E-state index contributed by atoms with van der Waals surface area (Å²) in [5, 5.41) is 2.95. The van der Waals surface area contributed by atoms with E-state index in [2.05, 4.69) is 14.8 Å². The van der Waals surface area contributed by atoms with Crippen LogP contribution in [0, 0.1) is 0 Å². The van der Waals surface area contributed by atoms with Gasteiger partial charge in [-0.25, -0.2) is 0 Å². The number of azide groups is 1. The zero-order valence-electron chi connectivity index (χ0n) is 7.08. The first kappa shape index (κ1) is 12.3. The van der Waals surface area contributed by atoms with Gasteiger partial charge in [0.25, 0.3) is 5.78 Å². The highest BCUT2D eigenvalue weighted by molar-refractivity contribution is 5.94. The third-order valence-corrected chi connectivity index (χ3v) is 1.12. The van der Waals surface area contributed by atoms with Crippen LogP contribution in [0.15, 0.2) is 16.9 Å². The molecule has 0 N–H and O–H groups in total. The molecule has 0 amide bonds. The van der Waals surface area contributed by atoms with Crippen LogP contribution in [0.4, 0.5) is 13.2 Å². The topological polar surface area (TPSA) is 75.1 Å². The van der Waals surface area contributed by atoms with E-state index in [4.69, 9.17) is 5.53 Å². The monoisotopic (exact) mass is 209 g/mol. The van der Waals surface area contributed by atoms with Crippen LogP contribution >= 0.6 is 0 Å². The minimum atomic E-state index is -4.94. The number of hydrogen-bond acceptors (Lipinski definition) is 3. The maximum atomic E-state index is 11.7. The van der Waals surface area contributed by atoms with Crippen LogP contribution in [0.2, 0.25) is 0 Å². The molecule has 0 aliphatic carbocycles. The first-order valence-electron chi connectivity index (χ1n) is 3.28. The molecular weight excluding hydrogens is 203 g/mol. The number of carbonyl (C=O) groups is 1. The first-order valence-corrected chi connectivity index (χ1v) is 3.28. The predicted octanol–water partition coefficient (Wildman–Crippen LogP) is 1.96. The molecule has 5 nitrogen and oxygen atoms in total. The summed E-state index contributed by atoms with van der Waals surface area (Å²) in [7, 11) is 1.07. The second-order valence-electron chi connectivity index (χ2n) is 2.07. The lowest BCUT2D eigenvalue weighted by Crippen LogP contribution is -2.21. The highest BCUT2D eigenvalue weighted by Crippen LogP contribution is 2.17. The van der Waals surface area contributed by atoms with Gasteiger partial charge in [0.05, 0.1) is 13.7 Å². The number of hydrogen-bond donors (Lipinski definition) is 0. The maximum Gasteiger partial charge on any atom is 0.454 e. The Labute approximate surface area is 76.8 Å². The summed E-state index contributed by atoms with van der Waals surface area (Å²) in [4.78, 5) is 12.7. The summed E-state index contributed by atoms with van der Waals surface area (Å²) in [6.07, 6.45) is -4.70. The molecule has 8 heteroatoms. The van der Waals surface area contributed by atoms with E-state index in [-0.39, 0.29) is 11.8 Å². The number of methoxy groups -OCH3 is 1. The van der Waals surface area contributed by atoms with E-state index in [1.165, 1.54) is 0 Å². The second-order valence-corrected chi connectivity index (χ2v) is 2.07. The van der Waals surface area contributed by atoms with Gasteiger partial charge in [-0.1, -0.05) is 5.11 Å². The molecule has 0 radical (unpaired) electrons. The average molecular weight is 209 g/mol. The zero-order chi connectivity index (χ0) is 11.2. The largest absolute Gasteiger partial charge is 0.501 e. The number of halogens is 3. The van der Waals surface area contributed by atoms with Gasteiger partial charge in [-0.05, 0) is 5.53 Å². The Kier molecular flexibility index (Phi) is 4.51. The van der Waals surface area contributed by atoms with Gasteiger partial charge in [0.15, 0.2) is 0 Å². The SMILES string of the molecule is CO/C(=C\C(=O)C(F)(F)F)CN=[N+]=[N-]. The van der Waals surface area contributed by atoms with Gasteiger partial charge in [-0.15, -0.1) is 0 Å². The lowest BCUT2D eigenvalue weighted by molar-refractivity contribution is -0.165.